The molecule has 2 heteroatoms. The predicted molar refractivity (Wildman–Crippen MR) is 101 cm³/mol. The summed E-state index contributed by atoms with van der Waals surface area (Å²) in [4.78, 5) is 0. The van der Waals surface area contributed by atoms with E-state index in [0.29, 0.717) is 11.8 Å². The summed E-state index contributed by atoms with van der Waals surface area (Å²) in [6.45, 7) is 6.85. The number of benzene rings is 1. The number of ether oxygens (including phenoxy) is 1. The second kappa shape index (κ2) is 10.5. The second-order valence-corrected chi connectivity index (χ2v) is 6.87. The van der Waals surface area contributed by atoms with Gasteiger partial charge in [-0.25, -0.2) is 0 Å². The Balaban J connectivity index is 1.97. The number of aliphatic hydroxyl groups excluding tert-OH is 1. The normalized spacial score (nSPS) is 25.2. The quantitative estimate of drug-likeness (QED) is 0.487. The first-order valence-electron chi connectivity index (χ1n) is 9.37. The molecule has 1 saturated heterocycles. The lowest BCUT2D eigenvalue weighted by molar-refractivity contribution is 0.0973. The van der Waals surface area contributed by atoms with E-state index in [0.717, 1.165) is 32.3 Å². The van der Waals surface area contributed by atoms with E-state index in [1.165, 1.54) is 18.4 Å². The van der Waals surface area contributed by atoms with Crippen LogP contribution >= 0.6 is 0 Å². The van der Waals surface area contributed by atoms with Crippen LogP contribution in [0.1, 0.15) is 44.6 Å². The molecule has 0 unspecified atom stereocenters. The van der Waals surface area contributed by atoms with Crippen molar-refractivity contribution >= 4 is 0 Å². The van der Waals surface area contributed by atoms with Gasteiger partial charge in [0.1, 0.15) is 0 Å². The number of hydrogen-bond donors (Lipinski definition) is 1. The fourth-order valence-electron chi connectivity index (χ4n) is 3.49. The predicted octanol–water partition coefficient (Wildman–Crippen LogP) is 4.93. The Bertz CT molecular complexity index is 494. The van der Waals surface area contributed by atoms with Gasteiger partial charge in [-0.3, -0.25) is 0 Å². The van der Waals surface area contributed by atoms with Crippen LogP contribution in [0.25, 0.3) is 0 Å². The van der Waals surface area contributed by atoms with E-state index in [1.807, 2.05) is 18.2 Å². The maximum Gasteiger partial charge on any atom is 0.0721 e. The molecule has 1 heterocycles. The Morgan fingerprint density at radius 2 is 2.08 bits per heavy atom. The number of aliphatic hydroxyl groups is 1. The van der Waals surface area contributed by atoms with Gasteiger partial charge in [-0.05, 0) is 30.7 Å². The van der Waals surface area contributed by atoms with Crippen molar-refractivity contribution in [2.24, 2.45) is 11.8 Å². The highest BCUT2D eigenvalue weighted by Gasteiger charge is 2.34. The average molecular weight is 328 g/mol. The highest BCUT2D eigenvalue weighted by Crippen LogP contribution is 2.33. The SMILES string of the molecule is C=CC[C@@H]1CO[C@H](Cc2ccccc2)[C@H]1C=C[C@H](O)CCCCC. The van der Waals surface area contributed by atoms with Gasteiger partial charge in [-0.1, -0.05) is 74.7 Å². The molecule has 2 nitrogen and oxygen atoms in total. The molecule has 4 atom stereocenters. The van der Waals surface area contributed by atoms with Crippen molar-refractivity contribution in [2.45, 2.75) is 57.7 Å². The Kier molecular flexibility index (Phi) is 8.27. The zero-order valence-electron chi connectivity index (χ0n) is 14.9. The Labute approximate surface area is 147 Å². The minimum atomic E-state index is -0.334. The third-order valence-electron chi connectivity index (χ3n) is 4.91. The standard InChI is InChI=1S/C22H32O2/c1-3-5-7-13-20(23)14-15-21-19(10-4-2)17-24-22(21)16-18-11-8-6-9-12-18/h4,6,8-9,11-12,14-15,19-23H,2-3,5,7,10,13,16-17H2,1H3/t19-,20-,21+,22-/m1/s1. The summed E-state index contributed by atoms with van der Waals surface area (Å²) in [5, 5.41) is 10.2. The summed E-state index contributed by atoms with van der Waals surface area (Å²) in [6.07, 6.45) is 12.2. The van der Waals surface area contributed by atoms with E-state index < -0.39 is 0 Å². The van der Waals surface area contributed by atoms with Crippen LogP contribution < -0.4 is 0 Å². The lowest BCUT2D eigenvalue weighted by Crippen LogP contribution is -2.21. The van der Waals surface area contributed by atoms with E-state index in [1.54, 1.807) is 0 Å². The minimum absolute atomic E-state index is 0.191. The van der Waals surface area contributed by atoms with Gasteiger partial charge in [-0.15, -0.1) is 6.58 Å². The highest BCUT2D eigenvalue weighted by atomic mass is 16.5. The van der Waals surface area contributed by atoms with Crippen molar-refractivity contribution in [3.63, 3.8) is 0 Å². The molecule has 2 rings (SSSR count). The van der Waals surface area contributed by atoms with Crippen LogP contribution in [-0.4, -0.2) is 23.9 Å². The monoisotopic (exact) mass is 328 g/mol. The number of rotatable bonds is 10. The summed E-state index contributed by atoms with van der Waals surface area (Å²) >= 11 is 0. The first kappa shape index (κ1) is 19.0. The molecule has 0 aliphatic carbocycles. The maximum atomic E-state index is 10.2. The molecule has 0 aromatic heterocycles. The van der Waals surface area contributed by atoms with Crippen LogP contribution in [-0.2, 0) is 11.2 Å². The zero-order valence-corrected chi connectivity index (χ0v) is 14.9. The fraction of sp³-hybridized carbons (Fsp3) is 0.545. The van der Waals surface area contributed by atoms with Gasteiger partial charge in [0, 0.05) is 5.92 Å². The van der Waals surface area contributed by atoms with Gasteiger partial charge in [0.2, 0.25) is 0 Å². The fourth-order valence-corrected chi connectivity index (χ4v) is 3.49. The van der Waals surface area contributed by atoms with Gasteiger partial charge in [0.15, 0.2) is 0 Å². The molecule has 132 valence electrons. The van der Waals surface area contributed by atoms with Crippen molar-refractivity contribution in [1.82, 2.24) is 0 Å². The van der Waals surface area contributed by atoms with Gasteiger partial charge in [0.25, 0.3) is 0 Å². The van der Waals surface area contributed by atoms with Crippen molar-refractivity contribution in [1.29, 1.82) is 0 Å². The minimum Gasteiger partial charge on any atom is -0.389 e. The molecule has 0 saturated carbocycles. The number of allylic oxidation sites excluding steroid dienone is 1. The molecular formula is C22H32O2. The first-order chi connectivity index (χ1) is 11.7. The van der Waals surface area contributed by atoms with E-state index in [9.17, 15) is 5.11 Å². The number of unbranched alkanes of at least 4 members (excludes halogenated alkanes) is 2. The molecule has 1 fully saturated rings. The molecule has 24 heavy (non-hydrogen) atoms. The summed E-state index contributed by atoms with van der Waals surface area (Å²) < 4.78 is 6.08. The number of hydrogen-bond acceptors (Lipinski definition) is 2. The largest absolute Gasteiger partial charge is 0.389 e. The van der Waals surface area contributed by atoms with Gasteiger partial charge >= 0.3 is 0 Å². The molecule has 0 bridgehead atoms. The second-order valence-electron chi connectivity index (χ2n) is 6.87. The summed E-state index contributed by atoms with van der Waals surface area (Å²) in [5.41, 5.74) is 1.31. The van der Waals surface area contributed by atoms with Crippen molar-refractivity contribution in [3.05, 3.63) is 60.7 Å². The Morgan fingerprint density at radius 1 is 1.29 bits per heavy atom. The van der Waals surface area contributed by atoms with E-state index >= 15 is 0 Å². The van der Waals surface area contributed by atoms with Gasteiger partial charge in [0.05, 0.1) is 18.8 Å². The third-order valence-corrected chi connectivity index (χ3v) is 4.91. The van der Waals surface area contributed by atoms with Crippen LogP contribution in [0, 0.1) is 11.8 Å². The molecular weight excluding hydrogens is 296 g/mol. The molecule has 1 aliphatic heterocycles. The topological polar surface area (TPSA) is 29.5 Å². The van der Waals surface area contributed by atoms with Crippen LogP contribution in [0.2, 0.25) is 0 Å². The van der Waals surface area contributed by atoms with Crippen LogP contribution in [0.4, 0.5) is 0 Å². The zero-order chi connectivity index (χ0) is 17.2. The third kappa shape index (κ3) is 5.92. The molecule has 1 aromatic carbocycles. The Morgan fingerprint density at radius 3 is 2.79 bits per heavy atom. The average Bonchev–Trinajstić information content (AvgIpc) is 2.96. The molecule has 1 aliphatic rings. The lowest BCUT2D eigenvalue weighted by atomic mass is 9.85. The van der Waals surface area contributed by atoms with Crippen LogP contribution in [0.15, 0.2) is 55.1 Å². The lowest BCUT2D eigenvalue weighted by Gasteiger charge is -2.20. The van der Waals surface area contributed by atoms with Crippen molar-refractivity contribution in [3.8, 4) is 0 Å². The van der Waals surface area contributed by atoms with Crippen molar-refractivity contribution in [2.75, 3.05) is 6.61 Å². The van der Waals surface area contributed by atoms with Gasteiger partial charge < -0.3 is 9.84 Å². The van der Waals surface area contributed by atoms with Gasteiger partial charge in [-0.2, -0.15) is 0 Å². The summed E-state index contributed by atoms with van der Waals surface area (Å²) in [5.74, 6) is 0.819. The molecule has 1 N–H and O–H groups in total. The molecule has 0 radical (unpaired) electrons. The smallest absolute Gasteiger partial charge is 0.0721 e. The van der Waals surface area contributed by atoms with E-state index in [4.69, 9.17) is 4.74 Å². The Hall–Kier alpha value is -1.38. The summed E-state index contributed by atoms with van der Waals surface area (Å²) in [7, 11) is 0. The molecule has 1 aromatic rings. The van der Waals surface area contributed by atoms with E-state index in [2.05, 4.69) is 43.8 Å². The summed E-state index contributed by atoms with van der Waals surface area (Å²) in [6, 6.07) is 10.5. The van der Waals surface area contributed by atoms with Crippen LogP contribution in [0.3, 0.4) is 0 Å². The molecule has 0 amide bonds. The maximum absolute atomic E-state index is 10.2. The van der Waals surface area contributed by atoms with Crippen molar-refractivity contribution < 1.29 is 9.84 Å². The van der Waals surface area contributed by atoms with E-state index in [-0.39, 0.29) is 12.2 Å². The van der Waals surface area contributed by atoms with Crippen LogP contribution in [0.5, 0.6) is 0 Å². The first-order valence-corrected chi connectivity index (χ1v) is 9.37. The molecule has 0 spiro atoms. The highest BCUT2D eigenvalue weighted by molar-refractivity contribution is 5.17.